The van der Waals surface area contributed by atoms with Crippen LogP contribution in [0, 0.1) is 0 Å². The zero-order chi connectivity index (χ0) is 11.1. The maximum Gasteiger partial charge on any atom is 0.255 e. The molecular formula is C11H11N2O2. The van der Waals surface area contributed by atoms with Gasteiger partial charge in [0.25, 0.3) is 5.91 Å². The van der Waals surface area contributed by atoms with Gasteiger partial charge < -0.3 is 5.32 Å². The molecule has 1 rings (SSSR count). The standard InChI is InChI=1S/C11H11N2O2/c1-2-12-11(15)9(8-14)7-10-5-3-4-6-13-10/h3-7H,2H2,1H3,(H,12,15)/b9-7+. The van der Waals surface area contributed by atoms with Crippen LogP contribution < -0.4 is 5.32 Å². The van der Waals surface area contributed by atoms with Crippen LogP contribution in [0.5, 0.6) is 0 Å². The van der Waals surface area contributed by atoms with Crippen molar-refractivity contribution in [2.75, 3.05) is 6.54 Å². The van der Waals surface area contributed by atoms with E-state index < -0.39 is 5.91 Å². The Labute approximate surface area is 88.0 Å². The summed E-state index contributed by atoms with van der Waals surface area (Å²) in [5.74, 6) is -0.432. The van der Waals surface area contributed by atoms with Crippen LogP contribution in [0.15, 0.2) is 30.0 Å². The number of rotatable bonds is 4. The van der Waals surface area contributed by atoms with Gasteiger partial charge in [-0.05, 0) is 25.1 Å². The highest BCUT2D eigenvalue weighted by molar-refractivity contribution is 6.14. The Hall–Kier alpha value is -1.97. The molecule has 0 saturated carbocycles. The molecule has 0 spiro atoms. The van der Waals surface area contributed by atoms with Gasteiger partial charge in [-0.2, -0.15) is 0 Å². The fourth-order valence-electron chi connectivity index (χ4n) is 1.01. The maximum absolute atomic E-state index is 11.3. The Bertz CT molecular complexity index is 371. The molecule has 1 heterocycles. The number of pyridine rings is 1. The summed E-state index contributed by atoms with van der Waals surface area (Å²) in [6.45, 7) is 2.25. The van der Waals surface area contributed by atoms with E-state index in [-0.39, 0.29) is 5.57 Å². The number of carbonyl (C=O) groups is 1. The van der Waals surface area contributed by atoms with Gasteiger partial charge in [-0.1, -0.05) is 6.07 Å². The molecule has 4 nitrogen and oxygen atoms in total. The summed E-state index contributed by atoms with van der Waals surface area (Å²) in [4.78, 5) is 25.8. The monoisotopic (exact) mass is 203 g/mol. The van der Waals surface area contributed by atoms with Crippen molar-refractivity contribution in [2.45, 2.75) is 6.92 Å². The minimum Gasteiger partial charge on any atom is -0.352 e. The van der Waals surface area contributed by atoms with Crippen LogP contribution in [0.25, 0.3) is 6.08 Å². The third kappa shape index (κ3) is 3.34. The van der Waals surface area contributed by atoms with Gasteiger partial charge in [0.2, 0.25) is 6.29 Å². The predicted octanol–water partition coefficient (Wildman–Crippen LogP) is 0.711. The van der Waals surface area contributed by atoms with E-state index >= 15 is 0 Å². The molecule has 1 aromatic heterocycles. The molecule has 0 fully saturated rings. The SMILES string of the molecule is CCNC(=O)/C([C]=O)=C/c1ccccn1. The fourth-order valence-corrected chi connectivity index (χ4v) is 1.01. The zero-order valence-electron chi connectivity index (χ0n) is 8.36. The molecule has 0 aliphatic heterocycles. The Morgan fingerprint density at radius 3 is 2.93 bits per heavy atom. The van der Waals surface area contributed by atoms with Crippen molar-refractivity contribution in [1.82, 2.24) is 10.3 Å². The van der Waals surface area contributed by atoms with E-state index in [1.807, 2.05) is 0 Å². The Kier molecular flexibility index (Phi) is 4.22. The molecule has 0 unspecified atom stereocenters. The molecule has 4 heteroatoms. The molecule has 0 atom stereocenters. The van der Waals surface area contributed by atoms with E-state index in [1.165, 1.54) is 6.08 Å². The molecule has 0 saturated heterocycles. The van der Waals surface area contributed by atoms with Crippen molar-refractivity contribution in [3.8, 4) is 0 Å². The van der Waals surface area contributed by atoms with E-state index in [1.54, 1.807) is 37.6 Å². The lowest BCUT2D eigenvalue weighted by atomic mass is 10.2. The molecule has 0 bridgehead atoms. The minimum absolute atomic E-state index is 0.0458. The van der Waals surface area contributed by atoms with Crippen LogP contribution in [0.1, 0.15) is 12.6 Å². The van der Waals surface area contributed by atoms with Gasteiger partial charge in [-0.3, -0.25) is 14.6 Å². The zero-order valence-corrected chi connectivity index (χ0v) is 8.36. The third-order valence-electron chi connectivity index (χ3n) is 1.67. The van der Waals surface area contributed by atoms with Crippen LogP contribution in [-0.4, -0.2) is 23.7 Å². The van der Waals surface area contributed by atoms with Crippen LogP contribution in [-0.2, 0) is 9.59 Å². The molecule has 1 amide bonds. The molecular weight excluding hydrogens is 192 g/mol. The summed E-state index contributed by atoms with van der Waals surface area (Å²) in [6.07, 6.45) is 4.58. The van der Waals surface area contributed by atoms with Crippen molar-refractivity contribution in [1.29, 1.82) is 0 Å². The summed E-state index contributed by atoms with van der Waals surface area (Å²) < 4.78 is 0. The van der Waals surface area contributed by atoms with Gasteiger partial charge in [0, 0.05) is 12.7 Å². The average Bonchev–Trinajstić information content (AvgIpc) is 2.27. The first-order valence-corrected chi connectivity index (χ1v) is 4.57. The number of hydrogen-bond donors (Lipinski definition) is 1. The van der Waals surface area contributed by atoms with E-state index in [2.05, 4.69) is 10.3 Å². The Morgan fingerprint density at radius 2 is 2.40 bits per heavy atom. The van der Waals surface area contributed by atoms with E-state index in [9.17, 15) is 9.59 Å². The highest BCUT2D eigenvalue weighted by atomic mass is 16.2. The first kappa shape index (κ1) is 11.1. The first-order valence-electron chi connectivity index (χ1n) is 4.57. The average molecular weight is 203 g/mol. The quantitative estimate of drug-likeness (QED) is 0.445. The summed E-state index contributed by atoms with van der Waals surface area (Å²) >= 11 is 0. The van der Waals surface area contributed by atoms with Crippen LogP contribution >= 0.6 is 0 Å². The van der Waals surface area contributed by atoms with Gasteiger partial charge in [-0.25, -0.2) is 0 Å². The maximum atomic E-state index is 11.3. The molecule has 0 aliphatic carbocycles. The Balaban J connectivity index is 2.87. The summed E-state index contributed by atoms with van der Waals surface area (Å²) in [6, 6.07) is 5.24. The van der Waals surface area contributed by atoms with Gasteiger partial charge in [0.1, 0.15) is 0 Å². The molecule has 1 radical (unpaired) electrons. The van der Waals surface area contributed by atoms with E-state index in [4.69, 9.17) is 0 Å². The van der Waals surface area contributed by atoms with Gasteiger partial charge in [-0.15, -0.1) is 0 Å². The normalized spacial score (nSPS) is 10.9. The number of carbonyl (C=O) groups excluding carboxylic acids is 2. The van der Waals surface area contributed by atoms with Crippen LogP contribution in [0.4, 0.5) is 0 Å². The molecule has 77 valence electrons. The lowest BCUT2D eigenvalue weighted by Gasteiger charge is -1.99. The van der Waals surface area contributed by atoms with Gasteiger partial charge in [0.15, 0.2) is 0 Å². The molecule has 15 heavy (non-hydrogen) atoms. The van der Waals surface area contributed by atoms with Crippen molar-refractivity contribution in [3.05, 3.63) is 35.7 Å². The van der Waals surface area contributed by atoms with Crippen molar-refractivity contribution < 1.29 is 9.59 Å². The smallest absolute Gasteiger partial charge is 0.255 e. The number of nitrogens with zero attached hydrogens (tertiary/aromatic N) is 1. The van der Waals surface area contributed by atoms with Crippen molar-refractivity contribution in [3.63, 3.8) is 0 Å². The number of likely N-dealkylation sites (N-methyl/N-ethyl adjacent to an activating group) is 1. The molecule has 1 aromatic rings. The fraction of sp³-hybridized carbons (Fsp3) is 0.182. The number of hydrogen-bond acceptors (Lipinski definition) is 3. The number of amides is 1. The second-order valence-corrected chi connectivity index (χ2v) is 2.77. The third-order valence-corrected chi connectivity index (χ3v) is 1.67. The summed E-state index contributed by atoms with van der Waals surface area (Å²) in [5, 5.41) is 2.52. The van der Waals surface area contributed by atoms with Crippen LogP contribution in [0.3, 0.4) is 0 Å². The van der Waals surface area contributed by atoms with Crippen molar-refractivity contribution >= 4 is 18.3 Å². The summed E-state index contributed by atoms with van der Waals surface area (Å²) in [5.41, 5.74) is 0.512. The lowest BCUT2D eigenvalue weighted by Crippen LogP contribution is -2.24. The van der Waals surface area contributed by atoms with Gasteiger partial charge in [0.05, 0.1) is 11.3 Å². The van der Waals surface area contributed by atoms with Crippen molar-refractivity contribution in [2.24, 2.45) is 0 Å². The lowest BCUT2D eigenvalue weighted by molar-refractivity contribution is -0.116. The largest absolute Gasteiger partial charge is 0.352 e. The predicted molar refractivity (Wildman–Crippen MR) is 56.6 cm³/mol. The second-order valence-electron chi connectivity index (χ2n) is 2.77. The van der Waals surface area contributed by atoms with E-state index in [0.29, 0.717) is 12.2 Å². The first-order chi connectivity index (χ1) is 7.27. The number of nitrogens with one attached hydrogen (secondary N) is 1. The minimum atomic E-state index is -0.432. The Morgan fingerprint density at radius 1 is 1.60 bits per heavy atom. The molecule has 1 N–H and O–H groups in total. The molecule has 0 aliphatic rings. The van der Waals surface area contributed by atoms with Crippen LogP contribution in [0.2, 0.25) is 0 Å². The number of aromatic nitrogens is 1. The summed E-state index contributed by atoms with van der Waals surface area (Å²) in [7, 11) is 0. The topological polar surface area (TPSA) is 59.1 Å². The second kappa shape index (κ2) is 5.70. The van der Waals surface area contributed by atoms with E-state index in [0.717, 1.165) is 0 Å². The molecule has 0 aromatic carbocycles. The van der Waals surface area contributed by atoms with Gasteiger partial charge >= 0.3 is 0 Å². The highest BCUT2D eigenvalue weighted by Crippen LogP contribution is 2.01. The highest BCUT2D eigenvalue weighted by Gasteiger charge is 2.07.